The van der Waals surface area contributed by atoms with Crippen LogP contribution >= 0.6 is 0 Å². The second-order valence-electron chi connectivity index (χ2n) is 5.79. The van der Waals surface area contributed by atoms with Gasteiger partial charge >= 0.3 is 6.03 Å². The van der Waals surface area contributed by atoms with Gasteiger partial charge in [-0.15, -0.1) is 0 Å². The van der Waals surface area contributed by atoms with Gasteiger partial charge in [0, 0.05) is 45.2 Å². The molecule has 1 aromatic heterocycles. The van der Waals surface area contributed by atoms with Crippen molar-refractivity contribution in [3.05, 3.63) is 23.7 Å². The molecule has 0 saturated carbocycles. The van der Waals surface area contributed by atoms with Crippen molar-refractivity contribution in [3.63, 3.8) is 0 Å². The van der Waals surface area contributed by atoms with Crippen LogP contribution in [0.15, 0.2) is 16.7 Å². The largest absolute Gasteiger partial charge is 0.469 e. The van der Waals surface area contributed by atoms with Crippen LogP contribution in [0.5, 0.6) is 0 Å². The van der Waals surface area contributed by atoms with Gasteiger partial charge < -0.3 is 14.6 Å². The van der Waals surface area contributed by atoms with E-state index in [2.05, 4.69) is 10.0 Å². The van der Waals surface area contributed by atoms with Crippen LogP contribution in [0.25, 0.3) is 0 Å². The minimum Gasteiger partial charge on any atom is -0.469 e. The molecule has 9 heteroatoms. The summed E-state index contributed by atoms with van der Waals surface area (Å²) in [5, 5.41) is 3.04. The zero-order chi connectivity index (χ0) is 16.4. The third-order valence-corrected chi connectivity index (χ3v) is 6.03. The molecular formula is C14H22N4O4S. The number of carbonyl (C=O) groups excluding carboxylic acids is 1. The first-order valence-corrected chi connectivity index (χ1v) is 9.25. The Morgan fingerprint density at radius 2 is 2.04 bits per heavy atom. The summed E-state index contributed by atoms with van der Waals surface area (Å²) in [5.41, 5.74) is 1.06. The fourth-order valence-electron chi connectivity index (χ4n) is 3.14. The summed E-state index contributed by atoms with van der Waals surface area (Å²) in [6.45, 7) is 1.38. The van der Waals surface area contributed by atoms with Crippen molar-refractivity contribution in [2.75, 3.05) is 33.2 Å². The molecule has 1 atom stereocenters. The first-order valence-electron chi connectivity index (χ1n) is 7.81. The van der Waals surface area contributed by atoms with E-state index in [0.717, 1.165) is 30.6 Å². The number of nitrogens with one attached hydrogen (secondary N) is 2. The highest BCUT2D eigenvalue weighted by atomic mass is 32.2. The number of piperazine rings is 1. The van der Waals surface area contributed by atoms with Crippen molar-refractivity contribution >= 4 is 16.2 Å². The van der Waals surface area contributed by atoms with Crippen LogP contribution in [0.3, 0.4) is 0 Å². The molecule has 23 heavy (non-hydrogen) atoms. The van der Waals surface area contributed by atoms with Gasteiger partial charge in [-0.05, 0) is 18.9 Å². The van der Waals surface area contributed by atoms with Crippen LogP contribution in [-0.2, 0) is 16.6 Å². The second-order valence-corrected chi connectivity index (χ2v) is 7.66. The number of aryl methyl sites for hydroxylation is 1. The summed E-state index contributed by atoms with van der Waals surface area (Å²) in [7, 11) is -2.03. The maximum absolute atomic E-state index is 12.4. The summed E-state index contributed by atoms with van der Waals surface area (Å²) in [5.74, 6) is 0.950. The molecule has 1 fully saturated rings. The van der Waals surface area contributed by atoms with Gasteiger partial charge in [0.05, 0.1) is 12.3 Å². The van der Waals surface area contributed by atoms with Crippen molar-refractivity contribution in [3.8, 4) is 0 Å². The fourth-order valence-corrected chi connectivity index (χ4v) is 4.04. The monoisotopic (exact) mass is 342 g/mol. The Morgan fingerprint density at radius 1 is 1.30 bits per heavy atom. The van der Waals surface area contributed by atoms with Crippen molar-refractivity contribution in [2.24, 2.45) is 0 Å². The van der Waals surface area contributed by atoms with Gasteiger partial charge in [0.2, 0.25) is 0 Å². The summed E-state index contributed by atoms with van der Waals surface area (Å²) >= 11 is 0. The third-order valence-electron chi connectivity index (χ3n) is 4.47. The molecule has 1 aromatic rings. The predicted molar refractivity (Wildman–Crippen MR) is 84.0 cm³/mol. The Kier molecular flexibility index (Phi) is 4.60. The highest BCUT2D eigenvalue weighted by Gasteiger charge is 2.30. The molecule has 0 bridgehead atoms. The number of fused-ring (bicyclic) bond motifs is 1. The maximum atomic E-state index is 12.4. The average molecular weight is 342 g/mol. The molecule has 0 radical (unpaired) electrons. The Bertz CT molecular complexity index is 664. The normalized spacial score (nSPS) is 22.7. The third kappa shape index (κ3) is 3.36. The number of furan rings is 1. The van der Waals surface area contributed by atoms with E-state index in [-0.39, 0.29) is 12.1 Å². The Morgan fingerprint density at radius 3 is 2.74 bits per heavy atom. The highest BCUT2D eigenvalue weighted by Crippen LogP contribution is 2.30. The molecule has 0 spiro atoms. The van der Waals surface area contributed by atoms with E-state index in [4.69, 9.17) is 4.42 Å². The van der Waals surface area contributed by atoms with Crippen LogP contribution in [0.4, 0.5) is 4.79 Å². The van der Waals surface area contributed by atoms with Crippen molar-refractivity contribution < 1.29 is 17.6 Å². The smallest absolute Gasteiger partial charge is 0.317 e. The van der Waals surface area contributed by atoms with E-state index in [1.807, 2.05) is 6.07 Å². The molecule has 2 amide bonds. The molecule has 128 valence electrons. The lowest BCUT2D eigenvalue weighted by atomic mass is 9.93. The van der Waals surface area contributed by atoms with Gasteiger partial charge in [-0.2, -0.15) is 12.7 Å². The number of urea groups is 1. The van der Waals surface area contributed by atoms with E-state index in [9.17, 15) is 13.2 Å². The Labute approximate surface area is 136 Å². The molecular weight excluding hydrogens is 320 g/mol. The minimum absolute atomic E-state index is 0.0240. The lowest BCUT2D eigenvalue weighted by Gasteiger charge is -2.35. The summed E-state index contributed by atoms with van der Waals surface area (Å²) in [6, 6.07) is 1.74. The van der Waals surface area contributed by atoms with Gasteiger partial charge in [0.15, 0.2) is 0 Å². The van der Waals surface area contributed by atoms with E-state index in [0.29, 0.717) is 26.2 Å². The first-order chi connectivity index (χ1) is 11.0. The zero-order valence-electron chi connectivity index (χ0n) is 13.1. The molecule has 0 aromatic carbocycles. The number of hydrogen-bond acceptors (Lipinski definition) is 4. The van der Waals surface area contributed by atoms with E-state index in [1.54, 1.807) is 11.2 Å². The second kappa shape index (κ2) is 6.50. The number of rotatable bonds is 3. The standard InChI is InChI=1S/C14H22N4O4S/c1-15-23(20,21)18-8-6-17(7-9-18)14(19)16-12-3-2-4-13-11(12)5-10-22-13/h5,10,12,15H,2-4,6-9H2,1H3,(H,16,19). The molecule has 2 heterocycles. The number of amides is 2. The van der Waals surface area contributed by atoms with Gasteiger partial charge in [-0.25, -0.2) is 9.52 Å². The number of hydrogen-bond donors (Lipinski definition) is 2. The van der Waals surface area contributed by atoms with Crippen LogP contribution in [0.2, 0.25) is 0 Å². The fraction of sp³-hybridized carbons (Fsp3) is 0.643. The lowest BCUT2D eigenvalue weighted by molar-refractivity contribution is 0.167. The van der Waals surface area contributed by atoms with Crippen LogP contribution < -0.4 is 10.0 Å². The number of nitrogens with zero attached hydrogens (tertiary/aromatic N) is 2. The molecule has 2 N–H and O–H groups in total. The molecule has 3 rings (SSSR count). The van der Waals surface area contributed by atoms with E-state index < -0.39 is 10.2 Å². The molecule has 1 aliphatic heterocycles. The first kappa shape index (κ1) is 16.3. The van der Waals surface area contributed by atoms with Gasteiger partial charge in [0.1, 0.15) is 5.76 Å². The average Bonchev–Trinajstić information content (AvgIpc) is 3.04. The van der Waals surface area contributed by atoms with Gasteiger partial charge in [0.25, 0.3) is 10.2 Å². The Balaban J connectivity index is 1.57. The van der Waals surface area contributed by atoms with E-state index in [1.165, 1.54) is 11.4 Å². The van der Waals surface area contributed by atoms with Crippen molar-refractivity contribution in [2.45, 2.75) is 25.3 Å². The summed E-state index contributed by atoms with van der Waals surface area (Å²) in [6.07, 6.45) is 4.46. The molecule has 2 aliphatic rings. The summed E-state index contributed by atoms with van der Waals surface area (Å²) in [4.78, 5) is 14.1. The van der Waals surface area contributed by atoms with Gasteiger partial charge in [-0.1, -0.05) is 0 Å². The molecule has 8 nitrogen and oxygen atoms in total. The lowest BCUT2D eigenvalue weighted by Crippen LogP contribution is -2.55. The van der Waals surface area contributed by atoms with Crippen LogP contribution in [0.1, 0.15) is 30.2 Å². The Hall–Kier alpha value is -1.58. The topological polar surface area (TPSA) is 94.9 Å². The van der Waals surface area contributed by atoms with Gasteiger partial charge in [-0.3, -0.25) is 0 Å². The summed E-state index contributed by atoms with van der Waals surface area (Å²) < 4.78 is 32.6. The van der Waals surface area contributed by atoms with Crippen molar-refractivity contribution in [1.82, 2.24) is 19.2 Å². The quantitative estimate of drug-likeness (QED) is 0.834. The predicted octanol–water partition coefficient (Wildman–Crippen LogP) is 0.448. The molecule has 1 aliphatic carbocycles. The molecule has 1 saturated heterocycles. The SMILES string of the molecule is CNS(=O)(=O)N1CCN(C(=O)NC2CCCc3occc32)CC1. The maximum Gasteiger partial charge on any atom is 0.317 e. The number of carbonyl (C=O) groups is 1. The zero-order valence-corrected chi connectivity index (χ0v) is 13.9. The minimum atomic E-state index is -3.42. The van der Waals surface area contributed by atoms with Crippen molar-refractivity contribution in [1.29, 1.82) is 0 Å². The molecule has 1 unspecified atom stereocenters. The van der Waals surface area contributed by atoms with E-state index >= 15 is 0 Å². The van der Waals surface area contributed by atoms with Crippen LogP contribution in [0, 0.1) is 0 Å². The van der Waals surface area contributed by atoms with Crippen LogP contribution in [-0.4, -0.2) is 56.9 Å². The highest BCUT2D eigenvalue weighted by molar-refractivity contribution is 7.87.